The van der Waals surface area contributed by atoms with Gasteiger partial charge in [0.15, 0.2) is 0 Å². The highest BCUT2D eigenvalue weighted by Crippen LogP contribution is 2.54. The molecule has 0 spiro atoms. The summed E-state index contributed by atoms with van der Waals surface area (Å²) in [5.41, 5.74) is 0.445. The average molecular weight is 302 g/mol. The molecule has 0 aromatic heterocycles. The van der Waals surface area contributed by atoms with E-state index in [-0.39, 0.29) is 0 Å². The number of hydrogen-bond acceptors (Lipinski definition) is 3. The summed E-state index contributed by atoms with van der Waals surface area (Å²) in [7, 11) is -3.01. The summed E-state index contributed by atoms with van der Waals surface area (Å²) in [6.45, 7) is 7.04. The minimum absolute atomic E-state index is 0.445. The number of piperidine rings is 1. The average Bonchev–Trinajstić information content (AvgIpc) is 3.16. The first-order valence-corrected chi connectivity index (χ1v) is 9.91. The fourth-order valence-corrected chi connectivity index (χ4v) is 4.56. The van der Waals surface area contributed by atoms with E-state index in [1.54, 1.807) is 4.31 Å². The van der Waals surface area contributed by atoms with E-state index in [1.807, 2.05) is 0 Å². The summed E-state index contributed by atoms with van der Waals surface area (Å²) in [6.07, 6.45) is 8.52. The molecule has 20 heavy (non-hydrogen) atoms. The summed E-state index contributed by atoms with van der Waals surface area (Å²) in [5, 5.41) is 3.63. The molecule has 2 unspecified atom stereocenters. The van der Waals surface area contributed by atoms with Crippen LogP contribution >= 0.6 is 0 Å². The number of hydrogen-bond donors (Lipinski definition) is 1. The Morgan fingerprint density at radius 1 is 1.40 bits per heavy atom. The maximum absolute atomic E-state index is 11.7. The van der Waals surface area contributed by atoms with Crippen molar-refractivity contribution in [3.05, 3.63) is 0 Å². The lowest BCUT2D eigenvalue weighted by molar-refractivity contribution is 0.200. The van der Waals surface area contributed by atoms with Crippen molar-refractivity contribution in [2.75, 3.05) is 25.9 Å². The van der Waals surface area contributed by atoms with E-state index in [9.17, 15) is 8.42 Å². The van der Waals surface area contributed by atoms with E-state index in [0.717, 1.165) is 19.5 Å². The summed E-state index contributed by atoms with van der Waals surface area (Å²) >= 11 is 0. The molecule has 0 radical (unpaired) electrons. The van der Waals surface area contributed by atoms with Crippen LogP contribution in [0.25, 0.3) is 0 Å². The van der Waals surface area contributed by atoms with Crippen LogP contribution in [0.2, 0.25) is 0 Å². The third-order valence-corrected chi connectivity index (χ3v) is 6.43. The van der Waals surface area contributed by atoms with Gasteiger partial charge in [-0.1, -0.05) is 6.92 Å². The van der Waals surface area contributed by atoms with Crippen LogP contribution < -0.4 is 5.32 Å². The fraction of sp³-hybridized carbons (Fsp3) is 1.00. The molecule has 1 aliphatic heterocycles. The van der Waals surface area contributed by atoms with Gasteiger partial charge in [-0.05, 0) is 63.3 Å². The summed E-state index contributed by atoms with van der Waals surface area (Å²) in [5.74, 6) is 0.548. The predicted molar refractivity (Wildman–Crippen MR) is 83.2 cm³/mol. The predicted octanol–water partition coefficient (Wildman–Crippen LogP) is 2.22. The molecule has 0 amide bonds. The maximum Gasteiger partial charge on any atom is 0.211 e. The molecule has 1 aliphatic carbocycles. The molecule has 2 rings (SSSR count). The molecule has 1 saturated carbocycles. The van der Waals surface area contributed by atoms with Gasteiger partial charge in [0.1, 0.15) is 0 Å². The van der Waals surface area contributed by atoms with Crippen molar-refractivity contribution in [1.29, 1.82) is 0 Å². The molecule has 1 heterocycles. The molecule has 0 aromatic carbocycles. The standard InChI is InChI=1S/C15H30N2O2S/c1-4-9-16-13(2)15(7-8-15)11-14-6-5-10-17(12-14)20(3,18)19/h13-14,16H,4-12H2,1-3H3. The zero-order valence-corrected chi connectivity index (χ0v) is 14.0. The second kappa shape index (κ2) is 6.32. The topological polar surface area (TPSA) is 49.4 Å². The molecule has 4 nitrogen and oxygen atoms in total. The van der Waals surface area contributed by atoms with E-state index >= 15 is 0 Å². The molecule has 0 bridgehead atoms. The molecule has 1 N–H and O–H groups in total. The van der Waals surface area contributed by atoms with Crippen LogP contribution in [-0.2, 0) is 10.0 Å². The second-order valence-electron chi connectivity index (χ2n) is 6.87. The number of sulfonamides is 1. The lowest BCUT2D eigenvalue weighted by Crippen LogP contribution is -2.42. The summed E-state index contributed by atoms with van der Waals surface area (Å²) in [4.78, 5) is 0. The molecular formula is C15H30N2O2S. The smallest absolute Gasteiger partial charge is 0.211 e. The molecular weight excluding hydrogens is 272 g/mol. The first-order valence-electron chi connectivity index (χ1n) is 8.06. The molecule has 2 atom stereocenters. The molecule has 118 valence electrons. The van der Waals surface area contributed by atoms with Gasteiger partial charge in [0.05, 0.1) is 6.26 Å². The number of rotatable bonds is 7. The van der Waals surface area contributed by atoms with E-state index < -0.39 is 10.0 Å². The maximum atomic E-state index is 11.7. The minimum Gasteiger partial charge on any atom is -0.314 e. The van der Waals surface area contributed by atoms with Crippen molar-refractivity contribution < 1.29 is 8.42 Å². The van der Waals surface area contributed by atoms with Gasteiger partial charge < -0.3 is 5.32 Å². The van der Waals surface area contributed by atoms with Gasteiger partial charge >= 0.3 is 0 Å². The van der Waals surface area contributed by atoms with Crippen LogP contribution in [0.5, 0.6) is 0 Å². The van der Waals surface area contributed by atoms with Crippen molar-refractivity contribution in [3.8, 4) is 0 Å². The molecule has 2 aliphatic rings. The number of nitrogens with one attached hydrogen (secondary N) is 1. The van der Waals surface area contributed by atoms with Gasteiger partial charge in [0.2, 0.25) is 10.0 Å². The summed E-state index contributed by atoms with van der Waals surface area (Å²) in [6, 6.07) is 0.566. The van der Waals surface area contributed by atoms with Crippen molar-refractivity contribution >= 4 is 10.0 Å². The highest BCUT2D eigenvalue weighted by atomic mass is 32.2. The Kier molecular flexibility index (Phi) is 5.14. The Balaban J connectivity index is 1.89. The van der Waals surface area contributed by atoms with Crippen LogP contribution in [0, 0.1) is 11.3 Å². The molecule has 0 aromatic rings. The van der Waals surface area contributed by atoms with Gasteiger partial charge in [-0.3, -0.25) is 0 Å². The zero-order valence-electron chi connectivity index (χ0n) is 13.2. The van der Waals surface area contributed by atoms with E-state index in [1.165, 1.54) is 38.4 Å². The van der Waals surface area contributed by atoms with Gasteiger partial charge in [-0.25, -0.2) is 12.7 Å². The Morgan fingerprint density at radius 2 is 2.10 bits per heavy atom. The normalized spacial score (nSPS) is 28.2. The van der Waals surface area contributed by atoms with E-state index in [4.69, 9.17) is 0 Å². The van der Waals surface area contributed by atoms with Gasteiger partial charge in [0.25, 0.3) is 0 Å². The third kappa shape index (κ3) is 3.95. The van der Waals surface area contributed by atoms with Gasteiger partial charge in [-0.2, -0.15) is 0 Å². The third-order valence-electron chi connectivity index (χ3n) is 5.16. The zero-order chi connectivity index (χ0) is 14.8. The van der Waals surface area contributed by atoms with Crippen molar-refractivity contribution in [3.63, 3.8) is 0 Å². The quantitative estimate of drug-likeness (QED) is 0.784. The Bertz CT molecular complexity index is 418. The van der Waals surface area contributed by atoms with Crippen LogP contribution in [0.15, 0.2) is 0 Å². The minimum atomic E-state index is -3.01. The van der Waals surface area contributed by atoms with Crippen LogP contribution in [0.3, 0.4) is 0 Å². The lowest BCUT2D eigenvalue weighted by atomic mass is 9.83. The summed E-state index contributed by atoms with van der Waals surface area (Å²) < 4.78 is 25.1. The van der Waals surface area contributed by atoms with Crippen molar-refractivity contribution in [2.24, 2.45) is 11.3 Å². The Morgan fingerprint density at radius 3 is 2.65 bits per heavy atom. The van der Waals surface area contributed by atoms with Crippen LogP contribution in [0.4, 0.5) is 0 Å². The van der Waals surface area contributed by atoms with Gasteiger partial charge in [0, 0.05) is 19.1 Å². The van der Waals surface area contributed by atoms with Crippen LogP contribution in [-0.4, -0.2) is 44.7 Å². The van der Waals surface area contributed by atoms with Crippen molar-refractivity contribution in [2.45, 2.75) is 58.4 Å². The molecule has 2 fully saturated rings. The largest absolute Gasteiger partial charge is 0.314 e. The SMILES string of the molecule is CCCNC(C)C1(CC2CCCN(S(C)(=O)=O)C2)CC1. The van der Waals surface area contributed by atoms with E-state index in [0.29, 0.717) is 23.9 Å². The highest BCUT2D eigenvalue weighted by molar-refractivity contribution is 7.88. The highest BCUT2D eigenvalue weighted by Gasteiger charge is 2.48. The Hall–Kier alpha value is -0.130. The Labute approximate surface area is 124 Å². The first-order chi connectivity index (χ1) is 9.37. The second-order valence-corrected chi connectivity index (χ2v) is 8.85. The monoisotopic (exact) mass is 302 g/mol. The van der Waals surface area contributed by atoms with Crippen molar-refractivity contribution in [1.82, 2.24) is 9.62 Å². The number of nitrogens with zero attached hydrogens (tertiary/aromatic N) is 1. The molecule has 5 heteroatoms. The van der Waals surface area contributed by atoms with Crippen LogP contribution in [0.1, 0.15) is 52.4 Å². The van der Waals surface area contributed by atoms with E-state index in [2.05, 4.69) is 19.2 Å². The first kappa shape index (κ1) is 16.2. The fourth-order valence-electron chi connectivity index (χ4n) is 3.62. The molecule has 1 saturated heterocycles. The van der Waals surface area contributed by atoms with Gasteiger partial charge in [-0.15, -0.1) is 0 Å². The lowest BCUT2D eigenvalue weighted by Gasteiger charge is -2.35.